The number of rotatable bonds is 2. The molecule has 1 aromatic rings. The summed E-state index contributed by atoms with van der Waals surface area (Å²) in [4.78, 5) is 2.38. The highest BCUT2D eigenvalue weighted by Gasteiger charge is 2.21. The van der Waals surface area contributed by atoms with Gasteiger partial charge in [0.05, 0.1) is 17.6 Å². The number of likely N-dealkylation sites (tertiary alicyclic amines) is 1. The third kappa shape index (κ3) is 2.01. The topological polar surface area (TPSA) is 55.0 Å². The second kappa shape index (κ2) is 3.92. The van der Waals surface area contributed by atoms with Crippen molar-refractivity contribution in [3.8, 4) is 0 Å². The van der Waals surface area contributed by atoms with Gasteiger partial charge in [-0.1, -0.05) is 0 Å². The monoisotopic (exact) mass is 192 g/mol. The number of anilines is 1. The van der Waals surface area contributed by atoms with Gasteiger partial charge in [-0.2, -0.15) is 10.2 Å². The number of nitrogens with zero attached hydrogens (tertiary/aromatic N) is 3. The number of likely N-dealkylation sites (N-methyl/N-ethyl adjacent to an activating group) is 1. The summed E-state index contributed by atoms with van der Waals surface area (Å²) >= 11 is 0. The molecule has 0 amide bonds. The Hall–Kier alpha value is -1.16. The van der Waals surface area contributed by atoms with Gasteiger partial charge >= 0.3 is 0 Å². The van der Waals surface area contributed by atoms with E-state index in [1.54, 1.807) is 6.20 Å². The normalized spacial score (nSPS) is 22.8. The first-order chi connectivity index (χ1) is 6.75. The minimum atomic E-state index is 0.617. The Bertz CT molecular complexity index is 313. The molecule has 1 aromatic heterocycles. The maximum Gasteiger partial charge on any atom is 0.0726 e. The van der Waals surface area contributed by atoms with Gasteiger partial charge in [-0.05, 0) is 32.5 Å². The highest BCUT2D eigenvalue weighted by Crippen LogP contribution is 2.18. The summed E-state index contributed by atoms with van der Waals surface area (Å²) in [5.74, 6) is 0. The van der Waals surface area contributed by atoms with Crippen molar-refractivity contribution in [3.05, 3.63) is 18.0 Å². The van der Waals surface area contributed by atoms with E-state index in [9.17, 15) is 0 Å². The Morgan fingerprint density at radius 1 is 1.64 bits per heavy atom. The van der Waals surface area contributed by atoms with Crippen molar-refractivity contribution in [1.29, 1.82) is 0 Å². The Labute approximate surface area is 84.1 Å². The summed E-state index contributed by atoms with van der Waals surface area (Å²) in [6.07, 6.45) is 5.10. The van der Waals surface area contributed by atoms with Crippen molar-refractivity contribution < 1.29 is 0 Å². The third-order valence-corrected chi connectivity index (χ3v) is 2.84. The number of aromatic nitrogens is 2. The van der Waals surface area contributed by atoms with Crippen LogP contribution in [0, 0.1) is 0 Å². The standard InChI is InChI=1S/C10H16N4/c1-14-4-2-3-10(14)6-9-5-8(11)7-12-13-9/h5,7,10H,2-4,6H2,1H3,(H2,11,13). The summed E-state index contributed by atoms with van der Waals surface area (Å²) in [7, 11) is 2.16. The van der Waals surface area contributed by atoms with E-state index in [1.165, 1.54) is 19.4 Å². The molecule has 14 heavy (non-hydrogen) atoms. The van der Waals surface area contributed by atoms with Gasteiger partial charge in [0.2, 0.25) is 0 Å². The second-order valence-corrected chi connectivity index (χ2v) is 3.96. The molecule has 0 radical (unpaired) electrons. The molecule has 2 rings (SSSR count). The fraction of sp³-hybridized carbons (Fsp3) is 0.600. The molecule has 1 aliphatic rings. The van der Waals surface area contributed by atoms with E-state index in [4.69, 9.17) is 5.73 Å². The first-order valence-electron chi connectivity index (χ1n) is 5.03. The van der Waals surface area contributed by atoms with E-state index in [-0.39, 0.29) is 0 Å². The Balaban J connectivity index is 2.03. The molecule has 0 saturated carbocycles. The molecule has 4 heteroatoms. The zero-order valence-corrected chi connectivity index (χ0v) is 8.48. The highest BCUT2D eigenvalue weighted by molar-refractivity contribution is 5.34. The van der Waals surface area contributed by atoms with Crippen LogP contribution in [0.4, 0.5) is 5.69 Å². The SMILES string of the molecule is CN1CCCC1Cc1cc(N)cnn1. The number of hydrogen-bond acceptors (Lipinski definition) is 4. The molecule has 1 unspecified atom stereocenters. The lowest BCUT2D eigenvalue weighted by Gasteiger charge is -2.18. The summed E-state index contributed by atoms with van der Waals surface area (Å²) in [5.41, 5.74) is 7.36. The fourth-order valence-corrected chi connectivity index (χ4v) is 2.01. The van der Waals surface area contributed by atoms with Crippen molar-refractivity contribution in [2.24, 2.45) is 0 Å². The first-order valence-corrected chi connectivity index (χ1v) is 5.03. The second-order valence-electron chi connectivity index (χ2n) is 3.96. The first kappa shape index (κ1) is 9.40. The van der Waals surface area contributed by atoms with Crippen molar-refractivity contribution in [3.63, 3.8) is 0 Å². The maximum absolute atomic E-state index is 5.65. The van der Waals surface area contributed by atoms with Crippen LogP contribution in [0.15, 0.2) is 12.3 Å². The smallest absolute Gasteiger partial charge is 0.0726 e. The fourth-order valence-electron chi connectivity index (χ4n) is 2.01. The lowest BCUT2D eigenvalue weighted by Crippen LogP contribution is -2.27. The lowest BCUT2D eigenvalue weighted by molar-refractivity contribution is 0.307. The Morgan fingerprint density at radius 2 is 2.50 bits per heavy atom. The summed E-state index contributed by atoms with van der Waals surface area (Å²) in [6.45, 7) is 1.19. The van der Waals surface area contributed by atoms with E-state index in [0.29, 0.717) is 11.7 Å². The molecule has 1 atom stereocenters. The molecule has 2 N–H and O–H groups in total. The van der Waals surface area contributed by atoms with Gasteiger partial charge in [0, 0.05) is 12.5 Å². The quantitative estimate of drug-likeness (QED) is 0.749. The maximum atomic E-state index is 5.65. The Kier molecular flexibility index (Phi) is 2.63. The summed E-state index contributed by atoms with van der Waals surface area (Å²) in [5, 5.41) is 7.94. The molecule has 0 aliphatic carbocycles. The minimum absolute atomic E-state index is 0.617. The molecule has 0 spiro atoms. The van der Waals surface area contributed by atoms with Gasteiger partial charge in [-0.3, -0.25) is 0 Å². The number of nitrogen functional groups attached to an aromatic ring is 1. The largest absolute Gasteiger partial charge is 0.397 e. The van der Waals surface area contributed by atoms with E-state index in [1.807, 2.05) is 6.07 Å². The third-order valence-electron chi connectivity index (χ3n) is 2.84. The van der Waals surface area contributed by atoms with Gasteiger partial charge in [-0.15, -0.1) is 0 Å². The minimum Gasteiger partial charge on any atom is -0.397 e. The predicted molar refractivity (Wildman–Crippen MR) is 55.8 cm³/mol. The number of nitrogens with two attached hydrogens (primary N) is 1. The van der Waals surface area contributed by atoms with E-state index in [0.717, 1.165) is 12.1 Å². The zero-order valence-electron chi connectivity index (χ0n) is 8.48. The van der Waals surface area contributed by atoms with Crippen LogP contribution >= 0.6 is 0 Å². The van der Waals surface area contributed by atoms with Crippen LogP contribution in [-0.4, -0.2) is 34.7 Å². The van der Waals surface area contributed by atoms with Crippen LogP contribution in [0.2, 0.25) is 0 Å². The summed E-state index contributed by atoms with van der Waals surface area (Å²) < 4.78 is 0. The number of hydrogen-bond donors (Lipinski definition) is 1. The molecule has 1 fully saturated rings. The lowest BCUT2D eigenvalue weighted by atomic mass is 10.1. The predicted octanol–water partition coefficient (Wildman–Crippen LogP) is 0.695. The van der Waals surface area contributed by atoms with Crippen LogP contribution in [0.3, 0.4) is 0 Å². The van der Waals surface area contributed by atoms with Crippen LogP contribution < -0.4 is 5.73 Å². The van der Waals surface area contributed by atoms with E-state index in [2.05, 4.69) is 22.1 Å². The van der Waals surface area contributed by atoms with E-state index < -0.39 is 0 Å². The van der Waals surface area contributed by atoms with Crippen molar-refractivity contribution in [1.82, 2.24) is 15.1 Å². The van der Waals surface area contributed by atoms with Crippen molar-refractivity contribution in [2.45, 2.75) is 25.3 Å². The van der Waals surface area contributed by atoms with Gasteiger partial charge in [-0.25, -0.2) is 0 Å². The average Bonchev–Trinajstić information content (AvgIpc) is 2.52. The van der Waals surface area contributed by atoms with E-state index >= 15 is 0 Å². The van der Waals surface area contributed by atoms with Crippen LogP contribution in [0.5, 0.6) is 0 Å². The van der Waals surface area contributed by atoms with Crippen molar-refractivity contribution in [2.75, 3.05) is 19.3 Å². The molecule has 1 aliphatic heterocycles. The molecule has 1 saturated heterocycles. The van der Waals surface area contributed by atoms with Gasteiger partial charge in [0.25, 0.3) is 0 Å². The van der Waals surface area contributed by atoms with Gasteiger partial charge in [0.15, 0.2) is 0 Å². The molecular weight excluding hydrogens is 176 g/mol. The highest BCUT2D eigenvalue weighted by atomic mass is 15.2. The van der Waals surface area contributed by atoms with Crippen LogP contribution in [0.25, 0.3) is 0 Å². The molecule has 0 bridgehead atoms. The molecular formula is C10H16N4. The van der Waals surface area contributed by atoms with Crippen molar-refractivity contribution >= 4 is 5.69 Å². The summed E-state index contributed by atoms with van der Waals surface area (Å²) in [6, 6.07) is 2.53. The Morgan fingerprint density at radius 3 is 3.14 bits per heavy atom. The zero-order chi connectivity index (χ0) is 9.97. The van der Waals surface area contributed by atoms with Gasteiger partial charge < -0.3 is 10.6 Å². The average molecular weight is 192 g/mol. The molecule has 0 aromatic carbocycles. The molecule has 76 valence electrons. The van der Waals surface area contributed by atoms with Gasteiger partial charge in [0.1, 0.15) is 0 Å². The molecule has 2 heterocycles. The molecule has 4 nitrogen and oxygen atoms in total. The van der Waals surface area contributed by atoms with Crippen LogP contribution in [0.1, 0.15) is 18.5 Å². The van der Waals surface area contributed by atoms with Crippen LogP contribution in [-0.2, 0) is 6.42 Å².